The first kappa shape index (κ1) is 14.4. The average Bonchev–Trinajstić information content (AvgIpc) is 2.47. The molecule has 0 spiro atoms. The highest BCUT2D eigenvalue weighted by Gasteiger charge is 2.24. The number of nitrogens with zero attached hydrogens (tertiary/aromatic N) is 4. The van der Waals surface area contributed by atoms with Crippen LogP contribution in [0.25, 0.3) is 0 Å². The molecule has 2 aromatic rings. The zero-order chi connectivity index (χ0) is 15.4. The third-order valence-electron chi connectivity index (χ3n) is 2.39. The van der Waals surface area contributed by atoms with Crippen LogP contribution in [0.4, 0.5) is 5.69 Å². The molecule has 0 saturated heterocycles. The molecule has 0 aliphatic rings. The van der Waals surface area contributed by atoms with Crippen LogP contribution in [0.2, 0.25) is 0 Å². The van der Waals surface area contributed by atoms with Crippen LogP contribution in [0.1, 0.15) is 15.9 Å². The van der Waals surface area contributed by atoms with Crippen molar-refractivity contribution in [3.05, 3.63) is 51.8 Å². The molecule has 0 fully saturated rings. The number of nitro groups is 1. The summed E-state index contributed by atoms with van der Waals surface area (Å²) in [5.74, 6) is -1.20. The van der Waals surface area contributed by atoms with Crippen molar-refractivity contribution in [3.8, 4) is 6.07 Å². The summed E-state index contributed by atoms with van der Waals surface area (Å²) in [4.78, 5) is 29.2. The summed E-state index contributed by atoms with van der Waals surface area (Å²) < 4.78 is 0. The smallest absolute Gasteiger partial charge is 0.338 e. The van der Waals surface area contributed by atoms with Crippen molar-refractivity contribution < 1.29 is 14.8 Å². The summed E-state index contributed by atoms with van der Waals surface area (Å²) in [5, 5.41) is 29.0. The molecule has 0 atom stereocenters. The van der Waals surface area contributed by atoms with E-state index in [0.717, 1.165) is 11.8 Å². The first-order valence-electron chi connectivity index (χ1n) is 5.44. The van der Waals surface area contributed by atoms with Gasteiger partial charge in [0.2, 0.25) is 0 Å². The molecule has 9 heteroatoms. The molecule has 0 aliphatic carbocycles. The average molecular weight is 302 g/mol. The fourth-order valence-corrected chi connectivity index (χ4v) is 2.46. The first-order chi connectivity index (χ1) is 10.0. The Morgan fingerprint density at radius 1 is 1.33 bits per heavy atom. The molecular formula is C12H6N4O4S. The number of carbonyl (C=O) groups is 1. The van der Waals surface area contributed by atoms with E-state index in [-0.39, 0.29) is 21.2 Å². The fourth-order valence-electron chi connectivity index (χ4n) is 1.50. The summed E-state index contributed by atoms with van der Waals surface area (Å²) in [6, 6.07) is 5.71. The lowest BCUT2D eigenvalue weighted by atomic mass is 10.2. The number of rotatable bonds is 4. The number of carboxylic acid groups (broad SMARTS) is 1. The Kier molecular flexibility index (Phi) is 4.10. The van der Waals surface area contributed by atoms with Gasteiger partial charge in [0.05, 0.1) is 10.5 Å². The number of aromatic carboxylic acids is 1. The Morgan fingerprint density at radius 2 is 2.05 bits per heavy atom. The van der Waals surface area contributed by atoms with Gasteiger partial charge in [-0.15, -0.1) is 0 Å². The number of pyridine rings is 2. The normalized spacial score (nSPS) is 9.86. The van der Waals surface area contributed by atoms with E-state index in [0.29, 0.717) is 0 Å². The van der Waals surface area contributed by atoms with Gasteiger partial charge in [-0.25, -0.2) is 14.8 Å². The van der Waals surface area contributed by atoms with Gasteiger partial charge >= 0.3 is 11.7 Å². The molecule has 8 nitrogen and oxygen atoms in total. The highest BCUT2D eigenvalue weighted by atomic mass is 32.2. The molecule has 2 aromatic heterocycles. The van der Waals surface area contributed by atoms with Crippen molar-refractivity contribution in [1.29, 1.82) is 5.26 Å². The van der Waals surface area contributed by atoms with E-state index in [1.807, 2.05) is 0 Å². The summed E-state index contributed by atoms with van der Waals surface area (Å²) in [7, 11) is 0. The Labute approximate surface area is 122 Å². The van der Waals surface area contributed by atoms with E-state index in [9.17, 15) is 14.9 Å². The lowest BCUT2D eigenvalue weighted by molar-refractivity contribution is -0.388. The molecule has 2 rings (SSSR count). The Hall–Kier alpha value is -2.99. The van der Waals surface area contributed by atoms with E-state index in [4.69, 9.17) is 10.4 Å². The van der Waals surface area contributed by atoms with Gasteiger partial charge in [-0.3, -0.25) is 10.1 Å². The highest BCUT2D eigenvalue weighted by Crippen LogP contribution is 2.35. The molecule has 0 aliphatic heterocycles. The Balaban J connectivity index is 2.53. The van der Waals surface area contributed by atoms with Gasteiger partial charge in [0.25, 0.3) is 0 Å². The van der Waals surface area contributed by atoms with Crippen molar-refractivity contribution in [2.24, 2.45) is 0 Å². The minimum absolute atomic E-state index is 0.0655. The third-order valence-corrected chi connectivity index (χ3v) is 3.40. The number of hydrogen-bond acceptors (Lipinski definition) is 7. The monoisotopic (exact) mass is 302 g/mol. The van der Waals surface area contributed by atoms with E-state index >= 15 is 0 Å². The van der Waals surface area contributed by atoms with Crippen molar-refractivity contribution >= 4 is 23.4 Å². The molecule has 0 radical (unpaired) electrons. The maximum Gasteiger partial charge on any atom is 0.338 e. The van der Waals surface area contributed by atoms with E-state index in [1.54, 1.807) is 6.07 Å². The van der Waals surface area contributed by atoms with Crippen LogP contribution in [0.15, 0.2) is 40.6 Å². The summed E-state index contributed by atoms with van der Waals surface area (Å²) in [6.07, 6.45) is 2.62. The van der Waals surface area contributed by atoms with Gasteiger partial charge in [-0.2, -0.15) is 5.26 Å². The SMILES string of the molecule is N#Cc1ccnc(Sc2ncccc2C(=O)O)c1[N+](=O)[O-]. The van der Waals surface area contributed by atoms with Crippen molar-refractivity contribution in [1.82, 2.24) is 9.97 Å². The van der Waals surface area contributed by atoms with Gasteiger partial charge in [-0.1, -0.05) is 0 Å². The Bertz CT molecular complexity index is 772. The van der Waals surface area contributed by atoms with Crippen LogP contribution in [-0.4, -0.2) is 26.0 Å². The molecule has 0 unspecified atom stereocenters. The number of hydrogen-bond donors (Lipinski definition) is 1. The molecule has 0 bridgehead atoms. The minimum Gasteiger partial charge on any atom is -0.478 e. The molecule has 0 saturated carbocycles. The zero-order valence-corrected chi connectivity index (χ0v) is 11.1. The van der Waals surface area contributed by atoms with Gasteiger partial charge in [-0.05, 0) is 30.0 Å². The van der Waals surface area contributed by atoms with Crippen LogP contribution >= 0.6 is 11.8 Å². The van der Waals surface area contributed by atoms with Crippen LogP contribution in [0.3, 0.4) is 0 Å². The van der Waals surface area contributed by atoms with Crippen molar-refractivity contribution in [2.75, 3.05) is 0 Å². The summed E-state index contributed by atoms with van der Waals surface area (Å²) in [5.41, 5.74) is -0.710. The Morgan fingerprint density at radius 3 is 2.67 bits per heavy atom. The largest absolute Gasteiger partial charge is 0.478 e. The van der Waals surface area contributed by atoms with Crippen LogP contribution in [-0.2, 0) is 0 Å². The van der Waals surface area contributed by atoms with Gasteiger partial charge in [0, 0.05) is 12.4 Å². The van der Waals surface area contributed by atoms with E-state index in [1.165, 1.54) is 30.6 Å². The fraction of sp³-hybridized carbons (Fsp3) is 0. The second-order valence-corrected chi connectivity index (χ2v) is 4.62. The van der Waals surface area contributed by atoms with Gasteiger partial charge < -0.3 is 5.11 Å². The maximum atomic E-state index is 11.1. The molecule has 2 heterocycles. The predicted octanol–water partition coefficient (Wildman–Crippen LogP) is 2.11. The number of nitriles is 1. The maximum absolute atomic E-state index is 11.1. The molecule has 21 heavy (non-hydrogen) atoms. The van der Waals surface area contributed by atoms with Crippen molar-refractivity contribution in [2.45, 2.75) is 10.1 Å². The number of carboxylic acids is 1. The third kappa shape index (κ3) is 2.96. The zero-order valence-electron chi connectivity index (χ0n) is 10.3. The number of aromatic nitrogens is 2. The first-order valence-corrected chi connectivity index (χ1v) is 6.26. The van der Waals surface area contributed by atoms with Crippen LogP contribution < -0.4 is 0 Å². The minimum atomic E-state index is -1.20. The molecular weight excluding hydrogens is 296 g/mol. The van der Waals surface area contributed by atoms with Gasteiger partial charge in [0.15, 0.2) is 5.03 Å². The quantitative estimate of drug-likeness (QED) is 0.671. The van der Waals surface area contributed by atoms with Crippen molar-refractivity contribution in [3.63, 3.8) is 0 Å². The highest BCUT2D eigenvalue weighted by molar-refractivity contribution is 7.99. The lowest BCUT2D eigenvalue weighted by Crippen LogP contribution is -2.02. The molecule has 1 N–H and O–H groups in total. The lowest BCUT2D eigenvalue weighted by Gasteiger charge is -2.04. The van der Waals surface area contributed by atoms with Gasteiger partial charge in [0.1, 0.15) is 16.7 Å². The molecule has 104 valence electrons. The molecule has 0 amide bonds. The van der Waals surface area contributed by atoms with Crippen LogP contribution in [0, 0.1) is 21.4 Å². The standard InChI is InChI=1S/C12H6N4O4S/c13-6-7-3-5-15-11(9(7)16(19)20)21-10-8(12(17)18)2-1-4-14-10/h1-5H,(H,17,18). The van der Waals surface area contributed by atoms with E-state index in [2.05, 4.69) is 9.97 Å². The summed E-state index contributed by atoms with van der Waals surface area (Å²) >= 11 is 0.731. The second-order valence-electron chi connectivity index (χ2n) is 3.64. The topological polar surface area (TPSA) is 130 Å². The summed E-state index contributed by atoms with van der Waals surface area (Å²) in [6.45, 7) is 0. The molecule has 0 aromatic carbocycles. The predicted molar refractivity (Wildman–Crippen MR) is 70.9 cm³/mol. The van der Waals surface area contributed by atoms with Crippen LogP contribution in [0.5, 0.6) is 0 Å². The van der Waals surface area contributed by atoms with E-state index < -0.39 is 16.6 Å². The second kappa shape index (κ2) is 5.98.